The van der Waals surface area contributed by atoms with E-state index in [1.165, 1.54) is 55.2 Å². The Kier molecular flexibility index (Phi) is 5.63. The summed E-state index contributed by atoms with van der Waals surface area (Å²) < 4.78 is 4.78. The average Bonchev–Trinajstić information content (AvgIpc) is 2.84. The Hall–Kier alpha value is -2.75. The molecule has 1 aliphatic rings. The molecule has 5 heteroatoms. The van der Waals surface area contributed by atoms with E-state index in [1.54, 1.807) is 0 Å². The van der Waals surface area contributed by atoms with Crippen LogP contribution in [0.15, 0.2) is 106 Å². The van der Waals surface area contributed by atoms with Gasteiger partial charge in [-0.1, -0.05) is 116 Å². The van der Waals surface area contributed by atoms with Crippen molar-refractivity contribution in [1.29, 1.82) is 0 Å². The second-order valence-corrected chi connectivity index (χ2v) is 10.7. The standard InChI is InChI=1S/C29H21B2Br2N/c1-18-16-22(20-10-2-4-14-26(20)32)29(23(17-18)21-11-3-5-15-27(21)33)34-30-24-12-6-8-19-9-7-13-25(31-34)28(19)24/h2-17,30-31H,1H3. The van der Waals surface area contributed by atoms with E-state index >= 15 is 0 Å². The fraction of sp³-hybridized carbons (Fsp3) is 0.0345. The summed E-state index contributed by atoms with van der Waals surface area (Å²) in [6.45, 7) is 2.19. The minimum Gasteiger partial charge on any atom is -0.458 e. The van der Waals surface area contributed by atoms with Crippen LogP contribution in [-0.2, 0) is 0 Å². The zero-order valence-corrected chi connectivity index (χ0v) is 22.0. The highest BCUT2D eigenvalue weighted by Gasteiger charge is 2.27. The van der Waals surface area contributed by atoms with Gasteiger partial charge in [-0.3, -0.25) is 0 Å². The molecule has 0 N–H and O–H groups in total. The summed E-state index contributed by atoms with van der Waals surface area (Å²) in [4.78, 5) is 0. The molecule has 5 aromatic carbocycles. The van der Waals surface area contributed by atoms with Gasteiger partial charge in [-0.05, 0) is 58.7 Å². The van der Waals surface area contributed by atoms with E-state index in [2.05, 4.69) is 141 Å². The van der Waals surface area contributed by atoms with Gasteiger partial charge in [0.05, 0.1) is 0 Å². The van der Waals surface area contributed by atoms with Crippen molar-refractivity contribution in [3.63, 3.8) is 0 Å². The van der Waals surface area contributed by atoms with Crippen molar-refractivity contribution < 1.29 is 0 Å². The SMILES string of the molecule is Cc1cc(-c2ccccc2Br)c(N2Bc3cccc4cccc(c34)B2)c(-c2ccccc2Br)c1. The van der Waals surface area contributed by atoms with Gasteiger partial charge in [0.2, 0.25) is 0 Å². The zero-order chi connectivity index (χ0) is 23.2. The number of rotatable bonds is 3. The molecule has 0 aliphatic carbocycles. The predicted octanol–water partition coefficient (Wildman–Crippen LogP) is 6.48. The molecular formula is C29H21B2Br2N. The topological polar surface area (TPSA) is 3.24 Å². The summed E-state index contributed by atoms with van der Waals surface area (Å²) in [5.74, 6) is 0. The molecule has 0 unspecified atom stereocenters. The van der Waals surface area contributed by atoms with E-state index in [0.29, 0.717) is 0 Å². The average molecular weight is 565 g/mol. The highest BCUT2D eigenvalue weighted by atomic mass is 79.9. The Morgan fingerprint density at radius 1 is 0.588 bits per heavy atom. The third kappa shape index (κ3) is 3.72. The number of hydrogen-bond donors (Lipinski definition) is 0. The number of hydrogen-bond acceptors (Lipinski definition) is 1. The first kappa shape index (κ1) is 21.8. The summed E-state index contributed by atoms with van der Waals surface area (Å²) in [7, 11) is 1.76. The maximum absolute atomic E-state index is 3.83. The van der Waals surface area contributed by atoms with Gasteiger partial charge < -0.3 is 4.72 Å². The Bertz CT molecular complexity index is 1460. The van der Waals surface area contributed by atoms with Gasteiger partial charge in [0.1, 0.15) is 0 Å². The van der Waals surface area contributed by atoms with Crippen molar-refractivity contribution in [3.05, 3.63) is 112 Å². The lowest BCUT2D eigenvalue weighted by Crippen LogP contribution is -2.50. The summed E-state index contributed by atoms with van der Waals surface area (Å²) in [5.41, 5.74) is 10.2. The molecule has 1 heterocycles. The molecule has 0 spiro atoms. The van der Waals surface area contributed by atoms with E-state index in [9.17, 15) is 0 Å². The molecule has 0 fully saturated rings. The third-order valence-electron chi connectivity index (χ3n) is 6.70. The van der Waals surface area contributed by atoms with Crippen LogP contribution in [0.4, 0.5) is 5.69 Å². The van der Waals surface area contributed by atoms with E-state index in [1.807, 2.05) is 0 Å². The Labute approximate surface area is 218 Å². The van der Waals surface area contributed by atoms with Crippen LogP contribution in [0.3, 0.4) is 0 Å². The number of nitrogens with zero attached hydrogens (tertiary/aromatic N) is 1. The van der Waals surface area contributed by atoms with Gasteiger partial charge in [0, 0.05) is 25.8 Å². The zero-order valence-electron chi connectivity index (χ0n) is 18.9. The molecule has 1 nitrogen and oxygen atoms in total. The van der Waals surface area contributed by atoms with Crippen LogP contribution in [0.25, 0.3) is 33.0 Å². The van der Waals surface area contributed by atoms with Crippen LogP contribution in [-0.4, -0.2) is 14.8 Å². The van der Waals surface area contributed by atoms with Gasteiger partial charge in [0.15, 0.2) is 0 Å². The summed E-state index contributed by atoms with van der Waals surface area (Å²) in [6.07, 6.45) is 0. The molecule has 5 aromatic rings. The van der Waals surface area contributed by atoms with Crippen molar-refractivity contribution in [2.24, 2.45) is 0 Å². The highest BCUT2D eigenvalue weighted by molar-refractivity contribution is 9.11. The minimum absolute atomic E-state index is 0.881. The van der Waals surface area contributed by atoms with Gasteiger partial charge in [-0.25, -0.2) is 0 Å². The molecule has 1 aliphatic heterocycles. The minimum atomic E-state index is 0.881. The van der Waals surface area contributed by atoms with Gasteiger partial charge in [-0.2, -0.15) is 0 Å². The molecular weight excluding hydrogens is 544 g/mol. The van der Waals surface area contributed by atoms with Crippen LogP contribution in [0.2, 0.25) is 0 Å². The lowest BCUT2D eigenvalue weighted by molar-refractivity contribution is 1.42. The first-order chi connectivity index (χ1) is 16.6. The monoisotopic (exact) mass is 563 g/mol. The van der Waals surface area contributed by atoms with Crippen molar-refractivity contribution in [3.8, 4) is 22.3 Å². The van der Waals surface area contributed by atoms with E-state index in [0.717, 1.165) is 23.8 Å². The quantitative estimate of drug-likeness (QED) is 0.227. The third-order valence-corrected chi connectivity index (χ3v) is 8.08. The van der Waals surface area contributed by atoms with Crippen molar-refractivity contribution in [2.45, 2.75) is 6.92 Å². The molecule has 0 bridgehead atoms. The van der Waals surface area contributed by atoms with Gasteiger partial charge >= 0.3 is 0 Å². The van der Waals surface area contributed by atoms with E-state index in [-0.39, 0.29) is 0 Å². The van der Waals surface area contributed by atoms with Gasteiger partial charge in [0.25, 0.3) is 14.8 Å². The van der Waals surface area contributed by atoms with Gasteiger partial charge in [-0.15, -0.1) is 0 Å². The first-order valence-electron chi connectivity index (χ1n) is 11.5. The Balaban J connectivity index is 1.63. The smallest absolute Gasteiger partial charge is 0.257 e. The van der Waals surface area contributed by atoms with Crippen molar-refractivity contribution in [1.82, 2.24) is 0 Å². The van der Waals surface area contributed by atoms with Crippen LogP contribution < -0.4 is 15.6 Å². The molecule has 0 radical (unpaired) electrons. The lowest BCUT2D eigenvalue weighted by atomic mass is 9.59. The second-order valence-electron chi connectivity index (χ2n) is 8.96. The predicted molar refractivity (Wildman–Crippen MR) is 157 cm³/mol. The number of halogens is 2. The van der Waals surface area contributed by atoms with Crippen LogP contribution in [0.5, 0.6) is 0 Å². The van der Waals surface area contributed by atoms with Crippen molar-refractivity contribution >= 4 is 74.1 Å². The molecule has 0 atom stereocenters. The lowest BCUT2D eigenvalue weighted by Gasteiger charge is -2.34. The Morgan fingerprint density at radius 3 is 1.59 bits per heavy atom. The summed E-state index contributed by atoms with van der Waals surface area (Å²) in [5, 5.41) is 2.74. The maximum Gasteiger partial charge on any atom is 0.257 e. The molecule has 34 heavy (non-hydrogen) atoms. The van der Waals surface area contributed by atoms with E-state index < -0.39 is 0 Å². The summed E-state index contributed by atoms with van der Waals surface area (Å²) >= 11 is 7.67. The van der Waals surface area contributed by atoms with Crippen LogP contribution in [0.1, 0.15) is 5.56 Å². The molecule has 0 saturated heterocycles. The summed E-state index contributed by atoms with van der Waals surface area (Å²) in [6, 6.07) is 35.1. The van der Waals surface area contributed by atoms with Crippen molar-refractivity contribution in [2.75, 3.05) is 4.72 Å². The first-order valence-corrected chi connectivity index (χ1v) is 13.1. The highest BCUT2D eigenvalue weighted by Crippen LogP contribution is 2.44. The largest absolute Gasteiger partial charge is 0.458 e. The van der Waals surface area contributed by atoms with E-state index in [4.69, 9.17) is 0 Å². The van der Waals surface area contributed by atoms with Crippen LogP contribution in [0, 0.1) is 6.92 Å². The molecule has 0 aromatic heterocycles. The fourth-order valence-electron chi connectivity index (χ4n) is 5.28. The number of aryl methyl sites for hydroxylation is 1. The molecule has 0 amide bonds. The number of anilines is 1. The second kappa shape index (κ2) is 8.79. The number of benzene rings is 5. The Morgan fingerprint density at radius 2 is 1.09 bits per heavy atom. The maximum atomic E-state index is 3.83. The molecule has 0 saturated carbocycles. The molecule has 162 valence electrons. The van der Waals surface area contributed by atoms with Crippen LogP contribution >= 0.6 is 31.9 Å². The molecule has 6 rings (SSSR count). The normalized spacial score (nSPS) is 12.4. The fourth-order valence-corrected chi connectivity index (χ4v) is 6.28.